The highest BCUT2D eigenvalue weighted by molar-refractivity contribution is 5.94. The first-order valence-electron chi connectivity index (χ1n) is 29.1. The van der Waals surface area contributed by atoms with Crippen molar-refractivity contribution in [1.82, 2.24) is 49.4 Å². The Hall–Kier alpha value is -5.50. The van der Waals surface area contributed by atoms with Gasteiger partial charge in [-0.15, -0.1) is 0 Å². The summed E-state index contributed by atoms with van der Waals surface area (Å²) in [5.74, 6) is -6.53. The van der Waals surface area contributed by atoms with Crippen LogP contribution in [-0.4, -0.2) is 276 Å². The predicted molar refractivity (Wildman–Crippen MR) is 307 cm³/mol. The lowest BCUT2D eigenvalue weighted by molar-refractivity contribution is -0.152. The summed E-state index contributed by atoms with van der Waals surface area (Å²) in [6.07, 6.45) is -1.60. The van der Waals surface area contributed by atoms with E-state index in [1.807, 2.05) is 27.7 Å². The van der Waals surface area contributed by atoms with Gasteiger partial charge in [0.15, 0.2) is 0 Å². The number of hydrogen-bond acceptors (Lipinski definition) is 15. The number of primary amides is 1. The minimum absolute atomic E-state index is 0.0168. The molecule has 468 valence electrons. The van der Waals surface area contributed by atoms with E-state index in [1.54, 1.807) is 55.4 Å². The van der Waals surface area contributed by atoms with Crippen molar-refractivity contribution in [2.24, 2.45) is 5.73 Å². The van der Waals surface area contributed by atoms with E-state index in [0.29, 0.717) is 32.1 Å². The third-order valence-corrected chi connectivity index (χ3v) is 14.6. The Balaban J connectivity index is 6.88. The van der Waals surface area contributed by atoms with Gasteiger partial charge in [-0.05, 0) is 108 Å². The molecule has 10 atom stereocenters. The van der Waals surface area contributed by atoms with Crippen LogP contribution in [0.1, 0.15) is 149 Å². The van der Waals surface area contributed by atoms with E-state index in [2.05, 4.69) is 5.32 Å². The zero-order valence-electron chi connectivity index (χ0n) is 51.9. The topological polar surface area (TPSA) is 319 Å². The summed E-state index contributed by atoms with van der Waals surface area (Å²) < 4.78 is 0. The SMILES string of the molecule is CC[C@H](C)NCC(=O)N(CC(=O)N(CC(=O)N(CC(=O)N(CC(=O)N(CC(=O)N(CC(=O)N(CC(=O)N(CC(=O)N(CC(N)=O)[C@@H](C)CC)[C@@H](C)CC)C[C@H](C)O)C[C@@H](C)O)[C@@H](C)CC)[C@@H](C)CC)C[C@H](C)O)C[C@@H](C)O)[C@@H](C)CC. The average molecular weight is 1160 g/mol. The number of amides is 10. The second kappa shape index (κ2) is 38.3. The highest BCUT2D eigenvalue weighted by Gasteiger charge is 2.35. The molecule has 0 rings (SSSR count). The smallest absolute Gasteiger partial charge is 0.242 e. The van der Waals surface area contributed by atoms with Crippen molar-refractivity contribution in [2.45, 2.75) is 210 Å². The van der Waals surface area contributed by atoms with Crippen LogP contribution in [0.2, 0.25) is 0 Å². The van der Waals surface area contributed by atoms with Gasteiger partial charge in [0.1, 0.15) is 26.2 Å². The van der Waals surface area contributed by atoms with Gasteiger partial charge >= 0.3 is 0 Å². The summed E-state index contributed by atoms with van der Waals surface area (Å²) in [7, 11) is 0. The van der Waals surface area contributed by atoms with Gasteiger partial charge in [-0.1, -0.05) is 41.5 Å². The molecule has 0 heterocycles. The first-order chi connectivity index (χ1) is 37.7. The third kappa shape index (κ3) is 27.4. The lowest BCUT2D eigenvalue weighted by Gasteiger charge is -2.36. The molecule has 0 aliphatic heterocycles. The molecule has 7 N–H and O–H groups in total. The second-order valence-electron chi connectivity index (χ2n) is 22.0. The minimum Gasteiger partial charge on any atom is -0.392 e. The number of hydrogen-bond donors (Lipinski definition) is 6. The van der Waals surface area contributed by atoms with Gasteiger partial charge in [-0.2, -0.15) is 0 Å². The van der Waals surface area contributed by atoms with Crippen molar-refractivity contribution < 1.29 is 68.4 Å². The molecule has 0 bridgehead atoms. The van der Waals surface area contributed by atoms with Crippen LogP contribution >= 0.6 is 0 Å². The number of carbonyl (C=O) groups is 10. The van der Waals surface area contributed by atoms with Crippen molar-refractivity contribution in [3.63, 3.8) is 0 Å². The molecule has 0 saturated carbocycles. The fourth-order valence-corrected chi connectivity index (χ4v) is 8.52. The third-order valence-electron chi connectivity index (χ3n) is 14.6. The predicted octanol–water partition coefficient (Wildman–Crippen LogP) is -0.167. The summed E-state index contributed by atoms with van der Waals surface area (Å²) in [6, 6.07) is -2.37. The molecule has 0 aromatic rings. The maximum Gasteiger partial charge on any atom is 0.242 e. The summed E-state index contributed by atoms with van der Waals surface area (Å²) >= 11 is 0. The maximum absolute atomic E-state index is 14.5. The Kier molecular flexibility index (Phi) is 35.7. The number of aliphatic hydroxyl groups excluding tert-OH is 4. The molecule has 25 heteroatoms. The maximum atomic E-state index is 14.5. The van der Waals surface area contributed by atoms with Crippen molar-refractivity contribution in [1.29, 1.82) is 0 Å². The van der Waals surface area contributed by atoms with E-state index in [9.17, 15) is 68.4 Å². The van der Waals surface area contributed by atoms with Crippen LogP contribution < -0.4 is 11.1 Å². The molecule has 0 radical (unpaired) electrons. The highest BCUT2D eigenvalue weighted by Crippen LogP contribution is 2.15. The molecular weight excluding hydrogens is 1050 g/mol. The van der Waals surface area contributed by atoms with E-state index in [4.69, 9.17) is 5.73 Å². The largest absolute Gasteiger partial charge is 0.392 e. The molecule has 0 aliphatic carbocycles. The molecule has 25 nitrogen and oxygen atoms in total. The van der Waals surface area contributed by atoms with Crippen LogP contribution in [0.4, 0.5) is 0 Å². The molecule has 10 amide bonds. The first kappa shape index (κ1) is 75.5. The normalized spacial score (nSPS) is 15.0. The molecule has 0 aromatic heterocycles. The Morgan fingerprint density at radius 2 is 0.531 bits per heavy atom. The number of nitrogens with two attached hydrogens (primary N) is 1. The molecule has 0 saturated heterocycles. The Labute approximate surface area is 482 Å². The van der Waals surface area contributed by atoms with Gasteiger partial charge < -0.3 is 75.6 Å². The summed E-state index contributed by atoms with van der Waals surface area (Å²) in [5, 5.41) is 45.2. The van der Waals surface area contributed by atoms with Crippen LogP contribution in [0.15, 0.2) is 0 Å². The molecule has 81 heavy (non-hydrogen) atoms. The lowest BCUT2D eigenvalue weighted by Crippen LogP contribution is -2.56. The van der Waals surface area contributed by atoms with Crippen LogP contribution in [0.25, 0.3) is 0 Å². The van der Waals surface area contributed by atoms with Crippen molar-refractivity contribution in [3.8, 4) is 0 Å². The van der Waals surface area contributed by atoms with E-state index in [-0.39, 0.29) is 69.8 Å². The standard InChI is InChI=1S/C56H105N11O14/c1-17-37(7)58-23-48(73)64(39(9)19-3)33-51(76)59(24-43(13)68)29-49(74)62(27-46(16)71)32-54(79)67(42(12)22-6)36-56(81)65(40(10)20-4)34-52(77)60(25-44(14)69)30-50(75)61(26-45(15)70)31-53(78)66(41(11)21-5)35-55(80)63(28-47(57)72)38(8)18-2/h37-46,58,68-71H,17-36H2,1-16H3,(H2,57,72)/t37-,38-,39-,40-,41-,42-,43+,44+,45-,46-/m0/s1. The van der Waals surface area contributed by atoms with Crippen molar-refractivity contribution in [3.05, 3.63) is 0 Å². The van der Waals surface area contributed by atoms with Gasteiger partial charge in [-0.25, -0.2) is 0 Å². The average Bonchev–Trinajstić information content (AvgIpc) is 3.39. The van der Waals surface area contributed by atoms with Crippen LogP contribution in [0, 0.1) is 0 Å². The molecule has 0 fully saturated rings. The Morgan fingerprint density at radius 1 is 0.321 bits per heavy atom. The first-order valence-corrected chi connectivity index (χ1v) is 29.1. The Bertz CT molecular complexity index is 2010. The molecule has 0 spiro atoms. The highest BCUT2D eigenvalue weighted by atomic mass is 16.3. The summed E-state index contributed by atoms with van der Waals surface area (Å²) in [6.45, 7) is 21.0. The number of nitrogens with zero attached hydrogens (tertiary/aromatic N) is 9. The van der Waals surface area contributed by atoms with Crippen molar-refractivity contribution in [2.75, 3.05) is 91.6 Å². The number of aliphatic hydroxyl groups is 4. The van der Waals surface area contributed by atoms with E-state index in [1.165, 1.54) is 52.2 Å². The number of carbonyl (C=O) groups excluding carboxylic acids is 10. The fraction of sp³-hybridized carbons (Fsp3) is 0.821. The summed E-state index contributed by atoms with van der Waals surface area (Å²) in [5.41, 5.74) is 5.44. The monoisotopic (exact) mass is 1160 g/mol. The molecular formula is C56H105N11O14. The number of nitrogens with one attached hydrogen (secondary N) is 1. The lowest BCUT2D eigenvalue weighted by atomic mass is 10.1. The minimum atomic E-state index is -1.17. The number of rotatable bonds is 40. The molecule has 0 aromatic carbocycles. The van der Waals surface area contributed by atoms with Gasteiger partial charge in [0.05, 0.1) is 63.7 Å². The van der Waals surface area contributed by atoms with Gasteiger partial charge in [0.25, 0.3) is 0 Å². The van der Waals surface area contributed by atoms with Crippen molar-refractivity contribution >= 4 is 59.1 Å². The molecule has 0 aliphatic rings. The molecule has 0 unspecified atom stereocenters. The van der Waals surface area contributed by atoms with Gasteiger partial charge in [0, 0.05) is 62.4 Å². The van der Waals surface area contributed by atoms with Gasteiger partial charge in [-0.3, -0.25) is 47.9 Å². The van der Waals surface area contributed by atoms with Crippen LogP contribution in [-0.2, 0) is 47.9 Å². The van der Waals surface area contributed by atoms with E-state index in [0.717, 1.165) is 26.0 Å². The summed E-state index contributed by atoms with van der Waals surface area (Å²) in [4.78, 5) is 149. The second-order valence-corrected chi connectivity index (χ2v) is 22.0. The quantitative estimate of drug-likeness (QED) is 0.0464. The van der Waals surface area contributed by atoms with Gasteiger partial charge in [0.2, 0.25) is 59.1 Å². The zero-order chi connectivity index (χ0) is 62.6. The Morgan fingerprint density at radius 3 is 0.765 bits per heavy atom. The van der Waals surface area contributed by atoms with E-state index < -0.39 is 142 Å². The van der Waals surface area contributed by atoms with Crippen LogP contribution in [0.5, 0.6) is 0 Å². The van der Waals surface area contributed by atoms with E-state index >= 15 is 0 Å². The fourth-order valence-electron chi connectivity index (χ4n) is 8.52. The van der Waals surface area contributed by atoms with Crippen LogP contribution in [0.3, 0.4) is 0 Å². The zero-order valence-corrected chi connectivity index (χ0v) is 51.9.